The van der Waals surface area contributed by atoms with E-state index in [1.165, 1.54) is 0 Å². The first-order chi connectivity index (χ1) is 7.29. The highest BCUT2D eigenvalue weighted by Gasteiger charge is 1.97. The highest BCUT2D eigenvalue weighted by atomic mass is 15.0. The summed E-state index contributed by atoms with van der Waals surface area (Å²) in [6.07, 6.45) is 0.911. The van der Waals surface area contributed by atoms with E-state index in [1.54, 1.807) is 0 Å². The van der Waals surface area contributed by atoms with Crippen LogP contribution in [-0.2, 0) is 0 Å². The second-order valence-corrected chi connectivity index (χ2v) is 3.47. The molecule has 0 saturated carbocycles. The number of fused-ring (bicyclic) bond motifs is 1. The average Bonchev–Trinajstić information content (AvgIpc) is 2.29. The number of pyridine rings is 1. The fourth-order valence-corrected chi connectivity index (χ4v) is 1.41. The van der Waals surface area contributed by atoms with Crippen molar-refractivity contribution in [2.45, 2.75) is 13.3 Å². The third-order valence-electron chi connectivity index (χ3n) is 2.33. The molecule has 1 aromatic heterocycles. The van der Waals surface area contributed by atoms with E-state index in [0.717, 1.165) is 28.8 Å². The average molecular weight is 198 g/mol. The second-order valence-electron chi connectivity index (χ2n) is 3.47. The summed E-state index contributed by atoms with van der Waals surface area (Å²) in [6, 6.07) is 12.1. The van der Waals surface area contributed by atoms with Gasteiger partial charge >= 0.3 is 0 Å². The molecule has 1 N–H and O–H groups in total. The molecule has 15 heavy (non-hydrogen) atoms. The van der Waals surface area contributed by atoms with Gasteiger partial charge in [-0.2, -0.15) is 0 Å². The summed E-state index contributed by atoms with van der Waals surface area (Å²) in [5, 5.41) is 4.34. The van der Waals surface area contributed by atoms with Crippen LogP contribution in [0.4, 0.5) is 5.82 Å². The van der Waals surface area contributed by atoms with Crippen LogP contribution >= 0.6 is 0 Å². The molecule has 0 saturated heterocycles. The molecule has 2 rings (SSSR count). The molecule has 0 aliphatic heterocycles. The van der Waals surface area contributed by atoms with Crippen molar-refractivity contribution in [1.82, 2.24) is 4.98 Å². The first-order valence-electron chi connectivity index (χ1n) is 5.10. The van der Waals surface area contributed by atoms with Gasteiger partial charge < -0.3 is 5.32 Å². The van der Waals surface area contributed by atoms with Gasteiger partial charge in [0, 0.05) is 11.1 Å². The fraction of sp³-hybridized carbons (Fsp3) is 0.154. The van der Waals surface area contributed by atoms with Crippen molar-refractivity contribution >= 4 is 16.7 Å². The lowest BCUT2D eigenvalue weighted by Crippen LogP contribution is -1.98. The van der Waals surface area contributed by atoms with E-state index in [-0.39, 0.29) is 0 Å². The number of nitrogens with one attached hydrogen (secondary N) is 1. The normalized spacial score (nSPS) is 10.2. The maximum Gasteiger partial charge on any atom is 0.130 e. The number of nitrogens with zero attached hydrogens (tertiary/aromatic N) is 1. The van der Waals surface area contributed by atoms with Gasteiger partial charge in [0.25, 0.3) is 0 Å². The summed E-state index contributed by atoms with van der Waals surface area (Å²) < 4.78 is 0. The third-order valence-corrected chi connectivity index (χ3v) is 2.33. The van der Waals surface area contributed by atoms with Crippen LogP contribution in [-0.4, -0.2) is 4.98 Å². The topological polar surface area (TPSA) is 24.9 Å². The van der Waals surface area contributed by atoms with Crippen LogP contribution in [0.2, 0.25) is 0 Å². The molecule has 2 heteroatoms. The molecule has 2 nitrogen and oxygen atoms in total. The Morgan fingerprint density at radius 1 is 1.27 bits per heavy atom. The SMILES string of the molecule is C=C(CC)Nc1ccc2ccccc2n1. The number of allylic oxidation sites excluding steroid dienone is 1. The van der Waals surface area contributed by atoms with E-state index < -0.39 is 0 Å². The summed E-state index contributed by atoms with van der Waals surface area (Å²) in [5.74, 6) is 0.862. The van der Waals surface area contributed by atoms with E-state index in [2.05, 4.69) is 35.9 Å². The Kier molecular flexibility index (Phi) is 2.68. The lowest BCUT2D eigenvalue weighted by atomic mass is 10.2. The molecular formula is C13H14N2. The second kappa shape index (κ2) is 4.13. The van der Waals surface area contributed by atoms with Crippen LogP contribution < -0.4 is 5.32 Å². The van der Waals surface area contributed by atoms with Gasteiger partial charge in [-0.3, -0.25) is 0 Å². The van der Waals surface area contributed by atoms with E-state index in [4.69, 9.17) is 0 Å². The van der Waals surface area contributed by atoms with Crippen molar-refractivity contribution in [2.75, 3.05) is 5.32 Å². The van der Waals surface area contributed by atoms with Crippen LogP contribution in [0.3, 0.4) is 0 Å². The van der Waals surface area contributed by atoms with Crippen molar-refractivity contribution in [3.05, 3.63) is 48.7 Å². The van der Waals surface area contributed by atoms with Gasteiger partial charge in [-0.05, 0) is 24.6 Å². The predicted molar refractivity (Wildman–Crippen MR) is 64.8 cm³/mol. The van der Waals surface area contributed by atoms with Gasteiger partial charge in [-0.25, -0.2) is 4.98 Å². The lowest BCUT2D eigenvalue weighted by molar-refractivity contribution is 1.10. The number of hydrogen-bond acceptors (Lipinski definition) is 2. The van der Waals surface area contributed by atoms with Crippen LogP contribution in [0.15, 0.2) is 48.7 Å². The molecule has 0 aliphatic rings. The van der Waals surface area contributed by atoms with Crippen molar-refractivity contribution in [2.24, 2.45) is 0 Å². The van der Waals surface area contributed by atoms with Crippen LogP contribution in [0.25, 0.3) is 10.9 Å². The molecule has 1 aromatic carbocycles. The van der Waals surface area contributed by atoms with Crippen LogP contribution in [0.1, 0.15) is 13.3 Å². The summed E-state index contributed by atoms with van der Waals surface area (Å²) in [7, 11) is 0. The zero-order valence-electron chi connectivity index (χ0n) is 8.83. The predicted octanol–water partition coefficient (Wildman–Crippen LogP) is 3.57. The number of rotatable bonds is 3. The highest BCUT2D eigenvalue weighted by molar-refractivity contribution is 5.80. The number of benzene rings is 1. The molecule has 76 valence electrons. The zero-order chi connectivity index (χ0) is 10.7. The molecular weight excluding hydrogens is 184 g/mol. The first kappa shape index (κ1) is 9.71. The van der Waals surface area contributed by atoms with Gasteiger partial charge in [0.2, 0.25) is 0 Å². The maximum absolute atomic E-state index is 4.49. The molecule has 0 spiro atoms. The molecule has 1 heterocycles. The minimum Gasteiger partial charge on any atom is -0.344 e. The first-order valence-corrected chi connectivity index (χ1v) is 5.10. The molecule has 0 unspecified atom stereocenters. The summed E-state index contributed by atoms with van der Waals surface area (Å²) in [5.41, 5.74) is 1.99. The Hall–Kier alpha value is -1.83. The summed E-state index contributed by atoms with van der Waals surface area (Å²) in [4.78, 5) is 4.49. The number of hydrogen-bond donors (Lipinski definition) is 1. The molecule has 2 aromatic rings. The largest absolute Gasteiger partial charge is 0.344 e. The van der Waals surface area contributed by atoms with E-state index in [9.17, 15) is 0 Å². The molecule has 0 radical (unpaired) electrons. The van der Waals surface area contributed by atoms with E-state index in [0.29, 0.717) is 0 Å². The maximum atomic E-state index is 4.49. The fourth-order valence-electron chi connectivity index (χ4n) is 1.41. The number of anilines is 1. The van der Waals surface area contributed by atoms with Crippen molar-refractivity contribution in [3.63, 3.8) is 0 Å². The summed E-state index contributed by atoms with van der Waals surface area (Å²) in [6.45, 7) is 5.96. The Labute approximate surface area is 89.7 Å². The molecule has 0 bridgehead atoms. The van der Waals surface area contributed by atoms with E-state index >= 15 is 0 Å². The smallest absolute Gasteiger partial charge is 0.130 e. The Morgan fingerprint density at radius 3 is 2.87 bits per heavy atom. The monoisotopic (exact) mass is 198 g/mol. The van der Waals surface area contributed by atoms with Crippen molar-refractivity contribution < 1.29 is 0 Å². The highest BCUT2D eigenvalue weighted by Crippen LogP contribution is 2.15. The van der Waals surface area contributed by atoms with Gasteiger partial charge in [0.15, 0.2) is 0 Å². The third kappa shape index (κ3) is 2.15. The number of aromatic nitrogens is 1. The molecule has 0 fully saturated rings. The molecule has 0 aliphatic carbocycles. The minimum atomic E-state index is 0.862. The van der Waals surface area contributed by atoms with Crippen LogP contribution in [0.5, 0.6) is 0 Å². The van der Waals surface area contributed by atoms with E-state index in [1.807, 2.05) is 24.3 Å². The van der Waals surface area contributed by atoms with Crippen molar-refractivity contribution in [3.8, 4) is 0 Å². The Bertz CT molecular complexity index is 489. The Balaban J connectivity index is 2.34. The van der Waals surface area contributed by atoms with Gasteiger partial charge in [0.1, 0.15) is 5.82 Å². The van der Waals surface area contributed by atoms with Gasteiger partial charge in [-0.1, -0.05) is 31.7 Å². The van der Waals surface area contributed by atoms with Crippen molar-refractivity contribution in [1.29, 1.82) is 0 Å². The molecule has 0 atom stereocenters. The number of para-hydroxylation sites is 1. The Morgan fingerprint density at radius 2 is 2.07 bits per heavy atom. The van der Waals surface area contributed by atoms with Gasteiger partial charge in [-0.15, -0.1) is 0 Å². The summed E-state index contributed by atoms with van der Waals surface area (Å²) >= 11 is 0. The molecule has 0 amide bonds. The van der Waals surface area contributed by atoms with Crippen LogP contribution in [0, 0.1) is 0 Å². The zero-order valence-corrected chi connectivity index (χ0v) is 8.83. The minimum absolute atomic E-state index is 0.862. The quantitative estimate of drug-likeness (QED) is 0.815. The lowest BCUT2D eigenvalue weighted by Gasteiger charge is -2.07. The standard InChI is InChI=1S/C13H14N2/c1-3-10(2)14-13-9-8-11-6-4-5-7-12(11)15-13/h4-9H,2-3H2,1H3,(H,14,15). The van der Waals surface area contributed by atoms with Gasteiger partial charge in [0.05, 0.1) is 5.52 Å².